The molecule has 1 aromatic carbocycles. The van der Waals surface area contributed by atoms with Crippen molar-refractivity contribution in [2.24, 2.45) is 0 Å². The molecule has 0 aliphatic carbocycles. The van der Waals surface area contributed by atoms with Gasteiger partial charge in [0.1, 0.15) is 0 Å². The van der Waals surface area contributed by atoms with Crippen LogP contribution in [0.4, 0.5) is 5.69 Å². The molecule has 3 N–H and O–H groups in total. The molecule has 2 rings (SSSR count). The number of nitrogens with one attached hydrogen (secondary N) is 1. The van der Waals surface area contributed by atoms with E-state index in [2.05, 4.69) is 5.32 Å². The summed E-state index contributed by atoms with van der Waals surface area (Å²) in [5.74, 6) is 0.931. The summed E-state index contributed by atoms with van der Waals surface area (Å²) >= 11 is 0. The molecular weight excluding hydrogens is 246 g/mol. The van der Waals surface area contributed by atoms with Gasteiger partial charge in [-0.15, -0.1) is 0 Å². The van der Waals surface area contributed by atoms with Gasteiger partial charge >= 0.3 is 0 Å². The minimum atomic E-state index is -0.204. The highest BCUT2D eigenvalue weighted by Gasteiger charge is 2.20. The lowest BCUT2D eigenvalue weighted by molar-refractivity contribution is 0.0935. The zero-order valence-corrected chi connectivity index (χ0v) is 11.4. The first kappa shape index (κ1) is 13.5. The highest BCUT2D eigenvalue weighted by molar-refractivity contribution is 6.00. The molecule has 19 heavy (non-hydrogen) atoms. The van der Waals surface area contributed by atoms with Crippen LogP contribution in [0, 0.1) is 0 Å². The van der Waals surface area contributed by atoms with E-state index < -0.39 is 0 Å². The summed E-state index contributed by atoms with van der Waals surface area (Å²) in [6.45, 7) is 2.87. The van der Waals surface area contributed by atoms with E-state index in [9.17, 15) is 4.79 Å². The molecule has 6 nitrogen and oxygen atoms in total. The number of rotatable bonds is 4. The monoisotopic (exact) mass is 265 g/mol. The molecule has 1 amide bonds. The van der Waals surface area contributed by atoms with Gasteiger partial charge in [0.25, 0.3) is 5.91 Å². The summed E-state index contributed by atoms with van der Waals surface area (Å²) in [5.41, 5.74) is 6.66. The van der Waals surface area contributed by atoms with Crippen LogP contribution in [0.1, 0.15) is 17.3 Å². The third-order valence-electron chi connectivity index (χ3n) is 2.81. The van der Waals surface area contributed by atoms with Gasteiger partial charge in [-0.25, -0.2) is 0 Å². The number of ether oxygens (including phenoxy) is 2. The van der Waals surface area contributed by atoms with Crippen molar-refractivity contribution in [1.82, 2.24) is 10.2 Å². The van der Waals surface area contributed by atoms with Crippen molar-refractivity contribution in [3.8, 4) is 11.5 Å². The van der Waals surface area contributed by atoms with Crippen LogP contribution in [0.25, 0.3) is 0 Å². The number of nitrogen functional groups attached to an aromatic ring is 1. The molecule has 1 aliphatic rings. The molecule has 0 saturated heterocycles. The van der Waals surface area contributed by atoms with E-state index in [-0.39, 0.29) is 18.7 Å². The van der Waals surface area contributed by atoms with Gasteiger partial charge in [0.15, 0.2) is 11.5 Å². The zero-order chi connectivity index (χ0) is 14.0. The van der Waals surface area contributed by atoms with Crippen LogP contribution >= 0.6 is 0 Å². The molecule has 0 spiro atoms. The van der Waals surface area contributed by atoms with Crippen LogP contribution in [0.3, 0.4) is 0 Å². The second kappa shape index (κ2) is 5.36. The molecule has 1 aromatic rings. The first-order valence-corrected chi connectivity index (χ1v) is 6.12. The Morgan fingerprint density at radius 2 is 2.05 bits per heavy atom. The van der Waals surface area contributed by atoms with Crippen molar-refractivity contribution in [2.45, 2.75) is 13.0 Å². The van der Waals surface area contributed by atoms with E-state index in [0.717, 1.165) is 6.54 Å². The van der Waals surface area contributed by atoms with Crippen molar-refractivity contribution >= 4 is 11.6 Å². The van der Waals surface area contributed by atoms with Crippen molar-refractivity contribution in [3.63, 3.8) is 0 Å². The lowest BCUT2D eigenvalue weighted by atomic mass is 10.1. The van der Waals surface area contributed by atoms with Gasteiger partial charge < -0.3 is 25.4 Å². The average molecular weight is 265 g/mol. The van der Waals surface area contributed by atoms with Crippen LogP contribution in [-0.2, 0) is 0 Å². The number of carbonyl (C=O) groups excluding carboxylic acids is 1. The fourth-order valence-corrected chi connectivity index (χ4v) is 2.05. The van der Waals surface area contributed by atoms with Crippen molar-refractivity contribution in [1.29, 1.82) is 0 Å². The molecule has 1 unspecified atom stereocenters. The van der Waals surface area contributed by atoms with Crippen LogP contribution in [0.5, 0.6) is 11.5 Å². The standard InChI is InChI=1S/C13H19N3O3/c1-8(6-16(2)3)15-13(17)9-4-11-12(5-10(9)14)19-7-18-11/h4-5,8H,6-7,14H2,1-3H3,(H,15,17). The molecule has 1 atom stereocenters. The predicted molar refractivity (Wildman–Crippen MR) is 72.5 cm³/mol. The third-order valence-corrected chi connectivity index (χ3v) is 2.81. The topological polar surface area (TPSA) is 76.8 Å². The Kier molecular flexibility index (Phi) is 3.80. The second-order valence-corrected chi connectivity index (χ2v) is 4.93. The van der Waals surface area contributed by atoms with Gasteiger partial charge in [-0.05, 0) is 27.1 Å². The van der Waals surface area contributed by atoms with E-state index in [1.54, 1.807) is 12.1 Å². The first-order chi connectivity index (χ1) is 8.97. The molecule has 0 saturated carbocycles. The number of anilines is 1. The summed E-state index contributed by atoms with van der Waals surface area (Å²) < 4.78 is 10.5. The number of likely N-dealkylation sites (N-methyl/N-ethyl adjacent to an activating group) is 1. The number of hydrogen-bond acceptors (Lipinski definition) is 5. The molecule has 0 aromatic heterocycles. The minimum absolute atomic E-state index is 0.0346. The largest absolute Gasteiger partial charge is 0.454 e. The van der Waals surface area contributed by atoms with E-state index in [0.29, 0.717) is 22.7 Å². The van der Waals surface area contributed by atoms with Crippen LogP contribution in [0.2, 0.25) is 0 Å². The summed E-state index contributed by atoms with van der Waals surface area (Å²) in [4.78, 5) is 14.2. The van der Waals surface area contributed by atoms with E-state index in [1.807, 2.05) is 25.9 Å². The van der Waals surface area contributed by atoms with Gasteiger partial charge in [0, 0.05) is 24.3 Å². The third kappa shape index (κ3) is 3.08. The molecule has 0 radical (unpaired) electrons. The molecule has 6 heteroatoms. The van der Waals surface area contributed by atoms with Gasteiger partial charge in [0.05, 0.1) is 5.56 Å². The Morgan fingerprint density at radius 1 is 1.42 bits per heavy atom. The number of nitrogens with two attached hydrogens (primary N) is 1. The fraction of sp³-hybridized carbons (Fsp3) is 0.462. The SMILES string of the molecule is CC(CN(C)C)NC(=O)c1cc2c(cc1N)OCO2. The molecule has 1 aliphatic heterocycles. The predicted octanol–water partition coefficient (Wildman–Crippen LogP) is 0.677. The number of benzene rings is 1. The van der Waals surface area contributed by atoms with Gasteiger partial charge in [-0.1, -0.05) is 0 Å². The van der Waals surface area contributed by atoms with Crippen molar-refractivity contribution in [2.75, 3.05) is 33.2 Å². The molecule has 0 bridgehead atoms. The van der Waals surface area contributed by atoms with E-state index >= 15 is 0 Å². The molecule has 1 heterocycles. The zero-order valence-electron chi connectivity index (χ0n) is 11.4. The number of nitrogens with zero attached hydrogens (tertiary/aromatic N) is 1. The Balaban J connectivity index is 2.11. The number of carbonyl (C=O) groups is 1. The average Bonchev–Trinajstić information content (AvgIpc) is 2.73. The Hall–Kier alpha value is -1.95. The minimum Gasteiger partial charge on any atom is -0.454 e. The summed E-state index contributed by atoms with van der Waals surface area (Å²) in [6, 6.07) is 3.27. The smallest absolute Gasteiger partial charge is 0.253 e. The van der Waals surface area contributed by atoms with E-state index in [1.165, 1.54) is 0 Å². The van der Waals surface area contributed by atoms with Crippen LogP contribution in [-0.4, -0.2) is 44.3 Å². The van der Waals surface area contributed by atoms with E-state index in [4.69, 9.17) is 15.2 Å². The Morgan fingerprint density at radius 3 is 2.68 bits per heavy atom. The van der Waals surface area contributed by atoms with Crippen LogP contribution in [0.15, 0.2) is 12.1 Å². The first-order valence-electron chi connectivity index (χ1n) is 6.12. The van der Waals surface area contributed by atoms with Gasteiger partial charge in [-0.2, -0.15) is 0 Å². The Bertz CT molecular complexity index is 488. The lowest BCUT2D eigenvalue weighted by Gasteiger charge is -2.18. The highest BCUT2D eigenvalue weighted by atomic mass is 16.7. The lowest BCUT2D eigenvalue weighted by Crippen LogP contribution is -2.39. The fourth-order valence-electron chi connectivity index (χ4n) is 2.05. The molecular formula is C13H19N3O3. The maximum absolute atomic E-state index is 12.2. The van der Waals surface area contributed by atoms with Crippen molar-refractivity contribution in [3.05, 3.63) is 17.7 Å². The summed E-state index contributed by atoms with van der Waals surface area (Å²) in [5, 5.41) is 2.90. The quantitative estimate of drug-likeness (QED) is 0.783. The second-order valence-electron chi connectivity index (χ2n) is 4.93. The molecule has 104 valence electrons. The maximum atomic E-state index is 12.2. The molecule has 0 fully saturated rings. The van der Waals surface area contributed by atoms with Gasteiger partial charge in [-0.3, -0.25) is 4.79 Å². The van der Waals surface area contributed by atoms with Crippen LogP contribution < -0.4 is 20.5 Å². The highest BCUT2D eigenvalue weighted by Crippen LogP contribution is 2.35. The maximum Gasteiger partial charge on any atom is 0.253 e. The summed E-state index contributed by atoms with van der Waals surface area (Å²) in [6.07, 6.45) is 0. The van der Waals surface area contributed by atoms with Gasteiger partial charge in [0.2, 0.25) is 6.79 Å². The summed E-state index contributed by atoms with van der Waals surface area (Å²) in [7, 11) is 3.91. The number of amides is 1. The number of fused-ring (bicyclic) bond motifs is 1. The Labute approximate surface area is 112 Å². The normalized spacial score (nSPS) is 14.5. The van der Waals surface area contributed by atoms with Crippen molar-refractivity contribution < 1.29 is 14.3 Å². The number of hydrogen-bond donors (Lipinski definition) is 2.